The number of sulfonamides is 2. The van der Waals surface area contributed by atoms with E-state index >= 15 is 0 Å². The molecule has 0 amide bonds. The Bertz CT molecular complexity index is 860. The predicted molar refractivity (Wildman–Crippen MR) is 81.7 cm³/mol. The zero-order valence-electron chi connectivity index (χ0n) is 11.1. The summed E-state index contributed by atoms with van der Waals surface area (Å²) in [5.74, 6) is 0. The molecule has 0 heterocycles. The van der Waals surface area contributed by atoms with Crippen molar-refractivity contribution in [1.82, 2.24) is 0 Å². The fraction of sp³-hybridized carbons (Fsp3) is 0.0769. The lowest BCUT2D eigenvalue weighted by Gasteiger charge is -2.11. The lowest BCUT2D eigenvalue weighted by Crippen LogP contribution is -2.14. The lowest BCUT2D eigenvalue weighted by atomic mass is 10.1. The van der Waals surface area contributed by atoms with Crippen LogP contribution in [0.1, 0.15) is 0 Å². The highest BCUT2D eigenvalue weighted by molar-refractivity contribution is 7.92. The van der Waals surface area contributed by atoms with Gasteiger partial charge in [-0.15, -0.1) is 0 Å². The molecule has 2 aromatic rings. The van der Waals surface area contributed by atoms with E-state index in [2.05, 4.69) is 4.72 Å². The second-order valence-corrected chi connectivity index (χ2v) is 7.77. The highest BCUT2D eigenvalue weighted by atomic mass is 32.2. The zero-order chi connectivity index (χ0) is 15.7. The minimum absolute atomic E-state index is 0.0623. The molecule has 0 bridgehead atoms. The molecule has 0 aliphatic carbocycles. The van der Waals surface area contributed by atoms with E-state index in [-0.39, 0.29) is 10.6 Å². The van der Waals surface area contributed by atoms with E-state index in [4.69, 9.17) is 5.14 Å². The molecule has 0 aliphatic rings. The minimum Gasteiger partial charge on any atom is -0.284 e. The van der Waals surface area contributed by atoms with Crippen LogP contribution in [0.25, 0.3) is 11.1 Å². The summed E-state index contributed by atoms with van der Waals surface area (Å²) >= 11 is 0. The third-order valence-electron chi connectivity index (χ3n) is 2.67. The summed E-state index contributed by atoms with van der Waals surface area (Å²) in [6.45, 7) is 0. The number of rotatable bonds is 4. The third-order valence-corrected chi connectivity index (χ3v) is 4.25. The molecular formula is C13H14N2O4S2. The molecule has 8 heteroatoms. The molecule has 0 aliphatic heterocycles. The van der Waals surface area contributed by atoms with Gasteiger partial charge in [-0.1, -0.05) is 30.3 Å². The highest BCUT2D eigenvalue weighted by Crippen LogP contribution is 2.29. The van der Waals surface area contributed by atoms with Crippen molar-refractivity contribution < 1.29 is 16.8 Å². The van der Waals surface area contributed by atoms with E-state index in [0.29, 0.717) is 11.1 Å². The SMILES string of the molecule is CS(=O)(=O)Nc1ccc(S(N)(=O)=O)c(-c2ccccc2)c1. The molecule has 0 radical (unpaired) electrons. The van der Waals surface area contributed by atoms with Gasteiger partial charge in [0.2, 0.25) is 20.0 Å². The Kier molecular flexibility index (Phi) is 4.04. The van der Waals surface area contributed by atoms with Crippen molar-refractivity contribution in [3.05, 3.63) is 48.5 Å². The van der Waals surface area contributed by atoms with E-state index in [1.807, 2.05) is 0 Å². The van der Waals surface area contributed by atoms with Crippen molar-refractivity contribution in [3.63, 3.8) is 0 Å². The summed E-state index contributed by atoms with van der Waals surface area (Å²) in [4.78, 5) is -0.0623. The molecule has 21 heavy (non-hydrogen) atoms. The topological polar surface area (TPSA) is 106 Å². The van der Waals surface area contributed by atoms with E-state index in [1.165, 1.54) is 18.2 Å². The van der Waals surface area contributed by atoms with Gasteiger partial charge in [-0.2, -0.15) is 0 Å². The lowest BCUT2D eigenvalue weighted by molar-refractivity contribution is 0.598. The zero-order valence-corrected chi connectivity index (χ0v) is 12.8. The van der Waals surface area contributed by atoms with Gasteiger partial charge in [0, 0.05) is 11.3 Å². The maximum atomic E-state index is 11.7. The first kappa shape index (κ1) is 15.5. The number of benzene rings is 2. The molecule has 0 saturated heterocycles. The summed E-state index contributed by atoms with van der Waals surface area (Å²) in [7, 11) is -7.37. The Balaban J connectivity index is 2.66. The number of hydrogen-bond donors (Lipinski definition) is 2. The Morgan fingerprint density at radius 2 is 1.57 bits per heavy atom. The third kappa shape index (κ3) is 4.03. The van der Waals surface area contributed by atoms with Crippen LogP contribution in [0, 0.1) is 0 Å². The van der Waals surface area contributed by atoms with Crippen LogP contribution in [0.4, 0.5) is 5.69 Å². The van der Waals surface area contributed by atoms with Gasteiger partial charge in [-0.3, -0.25) is 4.72 Å². The van der Waals surface area contributed by atoms with Gasteiger partial charge in [-0.05, 0) is 23.8 Å². The molecule has 0 atom stereocenters. The van der Waals surface area contributed by atoms with Gasteiger partial charge in [-0.25, -0.2) is 22.0 Å². The van der Waals surface area contributed by atoms with Gasteiger partial charge < -0.3 is 0 Å². The summed E-state index contributed by atoms with van der Waals surface area (Å²) in [5.41, 5.74) is 1.23. The van der Waals surface area contributed by atoms with Crippen LogP contribution >= 0.6 is 0 Å². The van der Waals surface area contributed by atoms with Gasteiger partial charge in [0.25, 0.3) is 0 Å². The number of primary sulfonamides is 1. The first-order valence-corrected chi connectivity index (χ1v) is 9.31. The van der Waals surface area contributed by atoms with Crippen molar-refractivity contribution >= 4 is 25.7 Å². The summed E-state index contributed by atoms with van der Waals surface area (Å²) < 4.78 is 48.2. The van der Waals surface area contributed by atoms with Crippen molar-refractivity contribution in [1.29, 1.82) is 0 Å². The monoisotopic (exact) mass is 326 g/mol. The molecule has 3 N–H and O–H groups in total. The average Bonchev–Trinajstić information content (AvgIpc) is 2.36. The van der Waals surface area contributed by atoms with Crippen LogP contribution in [0.5, 0.6) is 0 Å². The maximum absolute atomic E-state index is 11.7. The second kappa shape index (κ2) is 5.47. The molecule has 0 saturated carbocycles. The molecule has 0 aromatic heterocycles. The standard InChI is InChI=1S/C13H14N2O4S2/c1-20(16,17)15-11-7-8-13(21(14,18)19)12(9-11)10-5-3-2-4-6-10/h2-9,15H,1H3,(H2,14,18,19). The number of nitrogens with one attached hydrogen (secondary N) is 1. The van der Waals surface area contributed by atoms with Crippen LogP contribution in [0.3, 0.4) is 0 Å². The molecule has 0 fully saturated rings. The largest absolute Gasteiger partial charge is 0.284 e. The van der Waals surface area contributed by atoms with Gasteiger partial charge >= 0.3 is 0 Å². The van der Waals surface area contributed by atoms with Crippen molar-refractivity contribution in [2.24, 2.45) is 5.14 Å². The molecule has 6 nitrogen and oxygen atoms in total. The Morgan fingerprint density at radius 3 is 2.10 bits per heavy atom. The molecular weight excluding hydrogens is 312 g/mol. The van der Waals surface area contributed by atoms with E-state index in [0.717, 1.165) is 6.26 Å². The van der Waals surface area contributed by atoms with E-state index in [1.54, 1.807) is 30.3 Å². The first-order chi connectivity index (χ1) is 9.67. The summed E-state index contributed by atoms with van der Waals surface area (Å²) in [6.07, 6.45) is 1.02. The predicted octanol–water partition coefficient (Wildman–Crippen LogP) is 1.37. The van der Waals surface area contributed by atoms with Crippen LogP contribution < -0.4 is 9.86 Å². The highest BCUT2D eigenvalue weighted by Gasteiger charge is 2.16. The van der Waals surface area contributed by atoms with Crippen LogP contribution in [0.2, 0.25) is 0 Å². The number of anilines is 1. The van der Waals surface area contributed by atoms with E-state index < -0.39 is 20.0 Å². The fourth-order valence-electron chi connectivity index (χ4n) is 1.90. The van der Waals surface area contributed by atoms with Crippen LogP contribution in [0.15, 0.2) is 53.4 Å². The van der Waals surface area contributed by atoms with E-state index in [9.17, 15) is 16.8 Å². The Hall–Kier alpha value is -1.90. The minimum atomic E-state index is -3.92. The van der Waals surface area contributed by atoms with Crippen LogP contribution in [-0.4, -0.2) is 23.1 Å². The Morgan fingerprint density at radius 1 is 0.952 bits per heavy atom. The number of hydrogen-bond acceptors (Lipinski definition) is 4. The maximum Gasteiger partial charge on any atom is 0.238 e. The normalized spacial score (nSPS) is 12.1. The van der Waals surface area contributed by atoms with Crippen molar-refractivity contribution in [2.45, 2.75) is 4.90 Å². The van der Waals surface area contributed by atoms with Gasteiger partial charge in [0.05, 0.1) is 11.2 Å². The van der Waals surface area contributed by atoms with Crippen LogP contribution in [-0.2, 0) is 20.0 Å². The first-order valence-electron chi connectivity index (χ1n) is 5.87. The molecule has 0 unspecified atom stereocenters. The van der Waals surface area contributed by atoms with Crippen molar-refractivity contribution in [2.75, 3.05) is 11.0 Å². The second-order valence-electron chi connectivity index (χ2n) is 4.50. The molecule has 2 rings (SSSR count). The fourth-order valence-corrected chi connectivity index (χ4v) is 3.20. The summed E-state index contributed by atoms with van der Waals surface area (Å²) in [5, 5.41) is 5.21. The average molecular weight is 326 g/mol. The quantitative estimate of drug-likeness (QED) is 0.885. The molecule has 112 valence electrons. The molecule has 0 spiro atoms. The van der Waals surface area contributed by atoms with Gasteiger partial charge in [0.1, 0.15) is 0 Å². The smallest absolute Gasteiger partial charge is 0.238 e. The summed E-state index contributed by atoms with van der Waals surface area (Å²) in [6, 6.07) is 12.8. The molecule has 2 aromatic carbocycles. The Labute approximate surface area is 123 Å². The van der Waals surface area contributed by atoms with Crippen molar-refractivity contribution in [3.8, 4) is 11.1 Å². The van der Waals surface area contributed by atoms with Gasteiger partial charge in [0.15, 0.2) is 0 Å². The number of nitrogens with two attached hydrogens (primary N) is 1.